The van der Waals surface area contributed by atoms with Crippen LogP contribution >= 0.6 is 0 Å². The fourth-order valence-corrected chi connectivity index (χ4v) is 2.37. The standard InChI is InChI=1S/C14H26N2O3/c1-11(2)16(10-14(18)19-3)13(17)8-7-12-6-4-5-9-15-12/h11-12,15H,4-10H2,1-3H3. The minimum atomic E-state index is -0.363. The highest BCUT2D eigenvalue weighted by Gasteiger charge is 2.22. The number of carbonyl (C=O) groups excluding carboxylic acids is 2. The lowest BCUT2D eigenvalue weighted by Crippen LogP contribution is -2.42. The van der Waals surface area contributed by atoms with E-state index in [4.69, 9.17) is 0 Å². The van der Waals surface area contributed by atoms with Crippen LogP contribution in [0.15, 0.2) is 0 Å². The van der Waals surface area contributed by atoms with Gasteiger partial charge < -0.3 is 15.0 Å². The van der Waals surface area contributed by atoms with E-state index in [0.29, 0.717) is 12.5 Å². The van der Waals surface area contributed by atoms with Crippen molar-refractivity contribution in [2.75, 3.05) is 20.2 Å². The summed E-state index contributed by atoms with van der Waals surface area (Å²) in [5, 5.41) is 3.43. The first-order valence-corrected chi connectivity index (χ1v) is 7.14. The van der Waals surface area contributed by atoms with E-state index in [1.165, 1.54) is 20.0 Å². The number of esters is 1. The third kappa shape index (κ3) is 5.59. The van der Waals surface area contributed by atoms with E-state index in [2.05, 4.69) is 10.1 Å². The van der Waals surface area contributed by atoms with Crippen LogP contribution in [0, 0.1) is 0 Å². The van der Waals surface area contributed by atoms with Crippen LogP contribution in [-0.4, -0.2) is 49.1 Å². The van der Waals surface area contributed by atoms with Crippen LogP contribution < -0.4 is 5.32 Å². The zero-order valence-corrected chi connectivity index (χ0v) is 12.3. The average molecular weight is 270 g/mol. The van der Waals surface area contributed by atoms with Crippen LogP contribution in [0.1, 0.15) is 46.0 Å². The minimum Gasteiger partial charge on any atom is -0.468 e. The lowest BCUT2D eigenvalue weighted by Gasteiger charge is -2.27. The highest BCUT2D eigenvalue weighted by molar-refractivity contribution is 5.82. The first kappa shape index (κ1) is 16.0. The molecule has 0 aliphatic carbocycles. The van der Waals surface area contributed by atoms with Crippen molar-refractivity contribution in [3.05, 3.63) is 0 Å². The molecule has 1 amide bonds. The molecule has 110 valence electrons. The lowest BCUT2D eigenvalue weighted by molar-refractivity contribution is -0.148. The first-order valence-electron chi connectivity index (χ1n) is 7.14. The van der Waals surface area contributed by atoms with Crippen molar-refractivity contribution in [2.45, 2.75) is 58.0 Å². The summed E-state index contributed by atoms with van der Waals surface area (Å²) in [4.78, 5) is 25.1. The Balaban J connectivity index is 2.40. The number of rotatable bonds is 6. The van der Waals surface area contributed by atoms with E-state index in [1.807, 2.05) is 13.8 Å². The Morgan fingerprint density at radius 2 is 2.11 bits per heavy atom. The maximum atomic E-state index is 12.2. The van der Waals surface area contributed by atoms with Crippen molar-refractivity contribution in [3.63, 3.8) is 0 Å². The van der Waals surface area contributed by atoms with Crippen LogP contribution in [0.3, 0.4) is 0 Å². The second-order valence-corrected chi connectivity index (χ2v) is 5.38. The van der Waals surface area contributed by atoms with Gasteiger partial charge >= 0.3 is 5.97 Å². The molecule has 5 heteroatoms. The molecule has 0 aromatic heterocycles. The van der Waals surface area contributed by atoms with E-state index < -0.39 is 0 Å². The highest BCUT2D eigenvalue weighted by atomic mass is 16.5. The molecule has 1 unspecified atom stereocenters. The summed E-state index contributed by atoms with van der Waals surface area (Å²) in [6, 6.07) is 0.468. The number of methoxy groups -OCH3 is 1. The number of amides is 1. The topological polar surface area (TPSA) is 58.6 Å². The van der Waals surface area contributed by atoms with Crippen molar-refractivity contribution in [1.29, 1.82) is 0 Å². The second-order valence-electron chi connectivity index (χ2n) is 5.38. The van der Waals surface area contributed by atoms with Gasteiger partial charge in [0.25, 0.3) is 0 Å². The molecule has 0 aromatic rings. The maximum absolute atomic E-state index is 12.2. The highest BCUT2D eigenvalue weighted by Crippen LogP contribution is 2.13. The Morgan fingerprint density at radius 1 is 1.37 bits per heavy atom. The number of nitrogens with one attached hydrogen (secondary N) is 1. The van der Waals surface area contributed by atoms with Gasteiger partial charge in [-0.15, -0.1) is 0 Å². The summed E-state index contributed by atoms with van der Waals surface area (Å²) in [5.41, 5.74) is 0. The Morgan fingerprint density at radius 3 is 2.63 bits per heavy atom. The quantitative estimate of drug-likeness (QED) is 0.740. The molecule has 0 aromatic carbocycles. The van der Waals surface area contributed by atoms with Gasteiger partial charge in [-0.1, -0.05) is 6.42 Å². The fourth-order valence-electron chi connectivity index (χ4n) is 2.37. The summed E-state index contributed by atoms with van der Waals surface area (Å²) >= 11 is 0. The van der Waals surface area contributed by atoms with Gasteiger partial charge in [-0.2, -0.15) is 0 Å². The molecule has 1 atom stereocenters. The van der Waals surface area contributed by atoms with E-state index >= 15 is 0 Å². The van der Waals surface area contributed by atoms with Crippen molar-refractivity contribution in [1.82, 2.24) is 10.2 Å². The largest absolute Gasteiger partial charge is 0.468 e. The summed E-state index contributed by atoms with van der Waals surface area (Å²) in [7, 11) is 1.34. The second kappa shape index (κ2) is 8.15. The number of nitrogens with zero attached hydrogens (tertiary/aromatic N) is 1. The van der Waals surface area contributed by atoms with Gasteiger partial charge in [0.05, 0.1) is 7.11 Å². The van der Waals surface area contributed by atoms with E-state index in [1.54, 1.807) is 4.90 Å². The van der Waals surface area contributed by atoms with Crippen molar-refractivity contribution in [2.24, 2.45) is 0 Å². The number of hydrogen-bond donors (Lipinski definition) is 1. The van der Waals surface area contributed by atoms with E-state index in [-0.39, 0.29) is 24.5 Å². The Bertz CT molecular complexity index is 299. The normalized spacial score (nSPS) is 19.3. The van der Waals surface area contributed by atoms with Gasteiger partial charge in [-0.25, -0.2) is 0 Å². The van der Waals surface area contributed by atoms with Crippen molar-refractivity contribution < 1.29 is 14.3 Å². The van der Waals surface area contributed by atoms with Crippen LogP contribution in [0.25, 0.3) is 0 Å². The molecule has 1 heterocycles. The molecule has 0 saturated carbocycles. The van der Waals surface area contributed by atoms with Crippen LogP contribution in [-0.2, 0) is 14.3 Å². The molecule has 0 bridgehead atoms. The van der Waals surface area contributed by atoms with Gasteiger partial charge in [0.1, 0.15) is 6.54 Å². The Kier molecular flexibility index (Phi) is 6.84. The predicted octanol–water partition coefficient (Wildman–Crippen LogP) is 1.32. The summed E-state index contributed by atoms with van der Waals surface area (Å²) < 4.78 is 4.63. The third-order valence-corrected chi connectivity index (χ3v) is 3.59. The van der Waals surface area contributed by atoms with Crippen molar-refractivity contribution >= 4 is 11.9 Å². The molecule has 0 radical (unpaired) electrons. The zero-order chi connectivity index (χ0) is 14.3. The minimum absolute atomic E-state index is 0.0194. The first-order chi connectivity index (χ1) is 9.04. The van der Waals surface area contributed by atoms with Gasteiger partial charge in [0.15, 0.2) is 0 Å². The number of ether oxygens (including phenoxy) is 1. The summed E-state index contributed by atoms with van der Waals surface area (Å²) in [6.07, 6.45) is 4.95. The van der Waals surface area contributed by atoms with Crippen molar-refractivity contribution in [3.8, 4) is 0 Å². The molecule has 1 rings (SSSR count). The summed E-state index contributed by atoms with van der Waals surface area (Å²) in [5.74, 6) is -0.328. The molecule has 19 heavy (non-hydrogen) atoms. The Hall–Kier alpha value is -1.10. The fraction of sp³-hybridized carbons (Fsp3) is 0.857. The van der Waals surface area contributed by atoms with Crippen LogP contribution in [0.4, 0.5) is 0 Å². The molecule has 1 N–H and O–H groups in total. The molecule has 1 aliphatic rings. The van der Waals surface area contributed by atoms with Gasteiger partial charge in [0.2, 0.25) is 5.91 Å². The van der Waals surface area contributed by atoms with E-state index in [0.717, 1.165) is 19.4 Å². The lowest BCUT2D eigenvalue weighted by atomic mass is 10.00. The summed E-state index contributed by atoms with van der Waals surface area (Å²) in [6.45, 7) is 4.93. The molecule has 1 aliphatic heterocycles. The molecule has 0 spiro atoms. The van der Waals surface area contributed by atoms with Gasteiger partial charge in [-0.3, -0.25) is 9.59 Å². The zero-order valence-electron chi connectivity index (χ0n) is 12.3. The Labute approximate surface area is 115 Å². The van der Waals surface area contributed by atoms with Crippen LogP contribution in [0.5, 0.6) is 0 Å². The van der Waals surface area contributed by atoms with Gasteiger partial charge in [0, 0.05) is 18.5 Å². The number of piperidine rings is 1. The monoisotopic (exact) mass is 270 g/mol. The third-order valence-electron chi connectivity index (χ3n) is 3.59. The van der Waals surface area contributed by atoms with Gasteiger partial charge in [-0.05, 0) is 39.7 Å². The predicted molar refractivity (Wildman–Crippen MR) is 73.7 cm³/mol. The maximum Gasteiger partial charge on any atom is 0.325 e. The molecular weight excluding hydrogens is 244 g/mol. The molecule has 1 fully saturated rings. The van der Waals surface area contributed by atoms with Crippen LogP contribution in [0.2, 0.25) is 0 Å². The van der Waals surface area contributed by atoms with E-state index in [9.17, 15) is 9.59 Å². The molecule has 5 nitrogen and oxygen atoms in total. The smallest absolute Gasteiger partial charge is 0.325 e. The number of hydrogen-bond acceptors (Lipinski definition) is 4. The SMILES string of the molecule is COC(=O)CN(C(=O)CCC1CCCCN1)C(C)C. The molecule has 1 saturated heterocycles. The average Bonchev–Trinajstić information content (AvgIpc) is 2.42. The molecular formula is C14H26N2O3. The number of carbonyl (C=O) groups is 2.